The maximum absolute atomic E-state index is 7.18. The first-order valence-electron chi connectivity index (χ1n) is 8.91. The van der Waals surface area contributed by atoms with Crippen LogP contribution in [0, 0.1) is 10.7 Å². The van der Waals surface area contributed by atoms with E-state index in [1.807, 2.05) is 0 Å². The zero-order valence-electron chi connectivity index (χ0n) is 16.2. The summed E-state index contributed by atoms with van der Waals surface area (Å²) in [5.41, 5.74) is 20.6. The first-order valence-corrected chi connectivity index (χ1v) is 9.36. The molecule has 0 heterocycles. The third-order valence-corrected chi connectivity index (χ3v) is 2.23. The van der Waals surface area contributed by atoms with Crippen LogP contribution in [-0.4, -0.2) is 26.2 Å². The molecule has 0 aliphatic rings. The minimum atomic E-state index is 0.844. The molecular weight excluding hydrogens is 306 g/mol. The smallest absolute Gasteiger partial charge is 0.130 e. The SMILES string of the molecule is CCCCN.CCCCN.CCCCN.CCCCN.N#CS. The Bertz CT molecular complexity index is 132. The Kier molecular flexibility index (Phi) is 85.5. The molecule has 5 nitrogen and oxygen atoms in total. The molecular formula is C17H45N5S. The van der Waals surface area contributed by atoms with E-state index in [0.717, 1.165) is 26.2 Å². The number of hydrogen-bond acceptors (Lipinski definition) is 6. The van der Waals surface area contributed by atoms with Crippen LogP contribution in [-0.2, 0) is 0 Å². The predicted octanol–water partition coefficient (Wildman–Crippen LogP) is 3.38. The molecule has 0 amide bonds. The lowest BCUT2D eigenvalue weighted by Gasteiger charge is -1.80. The number of rotatable bonds is 8. The minimum Gasteiger partial charge on any atom is -0.330 e. The molecule has 0 aliphatic heterocycles. The third kappa shape index (κ3) is 142. The van der Waals surface area contributed by atoms with Crippen molar-refractivity contribution in [2.24, 2.45) is 22.9 Å². The fourth-order valence-corrected chi connectivity index (χ4v) is 0.816. The van der Waals surface area contributed by atoms with E-state index >= 15 is 0 Å². The Morgan fingerprint density at radius 3 is 0.739 bits per heavy atom. The molecule has 0 radical (unpaired) electrons. The van der Waals surface area contributed by atoms with Crippen molar-refractivity contribution in [3.63, 3.8) is 0 Å². The monoisotopic (exact) mass is 351 g/mol. The Morgan fingerprint density at radius 1 is 0.609 bits per heavy atom. The van der Waals surface area contributed by atoms with E-state index in [2.05, 4.69) is 40.3 Å². The summed E-state index contributed by atoms with van der Waals surface area (Å²) in [6, 6.07) is 0. The number of thiol groups is 1. The Balaban J connectivity index is -0.0000000593. The number of nitriles is 1. The van der Waals surface area contributed by atoms with Crippen LogP contribution in [0.5, 0.6) is 0 Å². The molecule has 0 aromatic heterocycles. The molecule has 0 unspecified atom stereocenters. The van der Waals surface area contributed by atoms with Crippen molar-refractivity contribution in [1.29, 1.82) is 5.26 Å². The number of thiocyanates is 1. The standard InChI is InChI=1S/4C4H11N.CHNS/c4*1-2-3-4-5;2-1-3/h4*2-5H2,1H3;3H. The summed E-state index contributed by atoms with van der Waals surface area (Å²) in [5.74, 6) is 0. The van der Waals surface area contributed by atoms with Crippen LogP contribution in [0.4, 0.5) is 0 Å². The topological polar surface area (TPSA) is 128 Å². The van der Waals surface area contributed by atoms with E-state index < -0.39 is 0 Å². The average Bonchev–Trinajstić information content (AvgIpc) is 2.53. The fourth-order valence-electron chi connectivity index (χ4n) is 0.816. The van der Waals surface area contributed by atoms with Crippen molar-refractivity contribution in [2.75, 3.05) is 26.2 Å². The van der Waals surface area contributed by atoms with Crippen LogP contribution < -0.4 is 22.9 Å². The average molecular weight is 352 g/mol. The van der Waals surface area contributed by atoms with Crippen molar-refractivity contribution < 1.29 is 0 Å². The van der Waals surface area contributed by atoms with Gasteiger partial charge >= 0.3 is 0 Å². The highest BCUT2D eigenvalue weighted by Crippen LogP contribution is 1.78. The van der Waals surface area contributed by atoms with Gasteiger partial charge in [0.2, 0.25) is 0 Å². The van der Waals surface area contributed by atoms with Crippen LogP contribution >= 0.6 is 12.6 Å². The molecule has 0 aliphatic carbocycles. The summed E-state index contributed by atoms with van der Waals surface area (Å²) < 4.78 is 0. The van der Waals surface area contributed by atoms with Gasteiger partial charge in [-0.1, -0.05) is 66.0 Å². The van der Waals surface area contributed by atoms with Crippen LogP contribution in [0.3, 0.4) is 0 Å². The van der Waals surface area contributed by atoms with Gasteiger partial charge < -0.3 is 22.9 Å². The van der Waals surface area contributed by atoms with E-state index in [0.29, 0.717) is 0 Å². The molecule has 6 heteroatoms. The molecule has 0 spiro atoms. The summed E-state index contributed by atoms with van der Waals surface area (Å²) >= 11 is 3.09. The van der Waals surface area contributed by atoms with Crippen molar-refractivity contribution in [1.82, 2.24) is 0 Å². The van der Waals surface area contributed by atoms with Crippen molar-refractivity contribution in [3.8, 4) is 5.40 Å². The van der Waals surface area contributed by atoms with Gasteiger partial charge in [0.15, 0.2) is 0 Å². The van der Waals surface area contributed by atoms with E-state index in [1.54, 1.807) is 0 Å². The van der Waals surface area contributed by atoms with Gasteiger partial charge in [-0.25, -0.2) is 0 Å². The zero-order valence-corrected chi connectivity index (χ0v) is 17.1. The molecule has 0 saturated carbocycles. The largest absolute Gasteiger partial charge is 0.330 e. The van der Waals surface area contributed by atoms with Gasteiger partial charge in [-0.3, -0.25) is 0 Å². The third-order valence-electron chi connectivity index (χ3n) is 2.23. The lowest BCUT2D eigenvalue weighted by molar-refractivity contribution is 0.807. The van der Waals surface area contributed by atoms with Crippen molar-refractivity contribution in [3.05, 3.63) is 0 Å². The summed E-state index contributed by atoms with van der Waals surface area (Å²) in [7, 11) is 0. The second-order valence-electron chi connectivity index (χ2n) is 4.67. The van der Waals surface area contributed by atoms with Gasteiger partial charge in [0, 0.05) is 0 Å². The van der Waals surface area contributed by atoms with Gasteiger partial charge in [-0.15, -0.1) is 0 Å². The lowest BCUT2D eigenvalue weighted by atomic mass is 10.3. The summed E-state index contributed by atoms with van der Waals surface area (Å²) in [6.07, 6.45) is 9.54. The van der Waals surface area contributed by atoms with E-state index in [9.17, 15) is 0 Å². The number of hydrogen-bond donors (Lipinski definition) is 5. The molecule has 0 aromatic rings. The summed E-state index contributed by atoms with van der Waals surface area (Å²) in [4.78, 5) is 0. The minimum absolute atomic E-state index is 0.844. The fraction of sp³-hybridized carbons (Fsp3) is 0.941. The Labute approximate surface area is 152 Å². The zero-order chi connectivity index (χ0) is 19.2. The molecule has 144 valence electrons. The van der Waals surface area contributed by atoms with Gasteiger partial charge in [0.25, 0.3) is 0 Å². The number of unbranched alkanes of at least 4 members (excludes halogenated alkanes) is 4. The highest BCUT2D eigenvalue weighted by molar-refractivity contribution is 7.85. The number of nitrogens with zero attached hydrogens (tertiary/aromatic N) is 1. The van der Waals surface area contributed by atoms with Gasteiger partial charge in [0.1, 0.15) is 5.40 Å². The Morgan fingerprint density at radius 2 is 0.739 bits per heavy atom. The number of nitrogens with two attached hydrogens (primary N) is 4. The Hall–Kier alpha value is -0.320. The van der Waals surface area contributed by atoms with Crippen LogP contribution in [0.15, 0.2) is 0 Å². The molecule has 0 rings (SSSR count). The van der Waals surface area contributed by atoms with Crippen LogP contribution in [0.1, 0.15) is 79.1 Å². The maximum atomic E-state index is 7.18. The molecule has 0 fully saturated rings. The van der Waals surface area contributed by atoms with Gasteiger partial charge in [-0.05, 0) is 51.9 Å². The molecule has 0 aromatic carbocycles. The quantitative estimate of drug-likeness (QED) is 0.338. The van der Waals surface area contributed by atoms with Gasteiger partial charge in [-0.2, -0.15) is 5.26 Å². The molecule has 0 saturated heterocycles. The molecule has 23 heavy (non-hydrogen) atoms. The van der Waals surface area contributed by atoms with Crippen molar-refractivity contribution in [2.45, 2.75) is 79.1 Å². The van der Waals surface area contributed by atoms with Crippen LogP contribution in [0.25, 0.3) is 0 Å². The van der Waals surface area contributed by atoms with Crippen molar-refractivity contribution >= 4 is 12.6 Å². The van der Waals surface area contributed by atoms with E-state index in [-0.39, 0.29) is 0 Å². The highest BCUT2D eigenvalue weighted by Gasteiger charge is 1.69. The predicted molar refractivity (Wildman–Crippen MR) is 110 cm³/mol. The first kappa shape index (κ1) is 34.1. The molecule has 0 bridgehead atoms. The normalized spacial score (nSPS) is 7.65. The van der Waals surface area contributed by atoms with E-state index in [1.165, 1.54) is 56.8 Å². The maximum Gasteiger partial charge on any atom is 0.130 e. The van der Waals surface area contributed by atoms with Crippen LogP contribution in [0.2, 0.25) is 0 Å². The molecule has 0 atom stereocenters. The molecule has 8 N–H and O–H groups in total. The highest BCUT2D eigenvalue weighted by atomic mass is 32.1. The summed E-state index contributed by atoms with van der Waals surface area (Å²) in [6.45, 7) is 11.9. The second kappa shape index (κ2) is 57.7. The summed E-state index contributed by atoms with van der Waals surface area (Å²) in [5, 5.41) is 8.63. The van der Waals surface area contributed by atoms with E-state index in [4.69, 9.17) is 28.2 Å². The van der Waals surface area contributed by atoms with Gasteiger partial charge in [0.05, 0.1) is 0 Å². The lowest BCUT2D eigenvalue weighted by Crippen LogP contribution is -1.95. The second-order valence-corrected chi connectivity index (χ2v) is 4.87. The first-order chi connectivity index (χ1) is 11.1.